The zero-order chi connectivity index (χ0) is 11.5. The van der Waals surface area contributed by atoms with Gasteiger partial charge in [-0.15, -0.1) is 12.4 Å². The fourth-order valence-electron chi connectivity index (χ4n) is 1.67. The van der Waals surface area contributed by atoms with Crippen LogP contribution in [0.2, 0.25) is 0 Å². The van der Waals surface area contributed by atoms with Gasteiger partial charge in [0, 0.05) is 11.3 Å². The molecule has 1 fully saturated rings. The van der Waals surface area contributed by atoms with E-state index in [9.17, 15) is 4.79 Å². The standard InChI is InChI=1S/C11H22N2OS.ClH/c1-8(2)9(12)10(14)13-7-11(3)5-4-6-15-11;/h8-9H,4-7,12H2,1-3H3,(H,13,14);1H/t9-,11?;/m1./s1. The predicted octanol–water partition coefficient (Wildman–Crippen LogP) is 1.79. The first-order chi connectivity index (χ1) is 6.94. The quantitative estimate of drug-likeness (QED) is 0.816. The first-order valence-electron chi connectivity index (χ1n) is 5.62. The van der Waals surface area contributed by atoms with Gasteiger partial charge >= 0.3 is 0 Å². The summed E-state index contributed by atoms with van der Waals surface area (Å²) >= 11 is 1.95. The van der Waals surface area contributed by atoms with Crippen molar-refractivity contribution >= 4 is 30.1 Å². The highest BCUT2D eigenvalue weighted by Gasteiger charge is 2.30. The van der Waals surface area contributed by atoms with Crippen LogP contribution < -0.4 is 11.1 Å². The Kier molecular flexibility index (Phi) is 6.75. The normalized spacial score (nSPS) is 26.3. The lowest BCUT2D eigenvalue weighted by Gasteiger charge is -2.24. The Morgan fingerprint density at radius 2 is 2.19 bits per heavy atom. The molecule has 0 aromatic heterocycles. The van der Waals surface area contributed by atoms with Crippen molar-refractivity contribution in [2.45, 2.75) is 44.4 Å². The number of nitrogens with two attached hydrogens (primary N) is 1. The first kappa shape index (κ1) is 16.1. The Hall–Kier alpha value is 0.0700. The van der Waals surface area contributed by atoms with Crippen LogP contribution >= 0.6 is 24.2 Å². The number of halogens is 1. The van der Waals surface area contributed by atoms with Crippen molar-refractivity contribution in [3.8, 4) is 0 Å². The lowest BCUT2D eigenvalue weighted by atomic mass is 10.0. The van der Waals surface area contributed by atoms with E-state index in [1.807, 2.05) is 25.6 Å². The molecule has 96 valence electrons. The molecule has 0 spiro atoms. The Morgan fingerprint density at radius 1 is 1.56 bits per heavy atom. The van der Waals surface area contributed by atoms with Gasteiger partial charge in [0.2, 0.25) is 5.91 Å². The summed E-state index contributed by atoms with van der Waals surface area (Å²) in [5, 5.41) is 2.96. The molecule has 16 heavy (non-hydrogen) atoms. The maximum absolute atomic E-state index is 11.6. The summed E-state index contributed by atoms with van der Waals surface area (Å²) in [6.45, 7) is 6.90. The lowest BCUT2D eigenvalue weighted by Crippen LogP contribution is -2.47. The largest absolute Gasteiger partial charge is 0.353 e. The average Bonchev–Trinajstić information content (AvgIpc) is 2.61. The highest BCUT2D eigenvalue weighted by Crippen LogP contribution is 2.36. The SMILES string of the molecule is CC(C)[C@@H](N)C(=O)NCC1(C)CCCS1.Cl. The molecule has 5 heteroatoms. The van der Waals surface area contributed by atoms with Gasteiger partial charge in [-0.25, -0.2) is 0 Å². The number of hydrogen-bond donors (Lipinski definition) is 2. The third-order valence-corrected chi connectivity index (χ3v) is 4.50. The van der Waals surface area contributed by atoms with Crippen LogP contribution in [0, 0.1) is 5.92 Å². The molecule has 3 N–H and O–H groups in total. The van der Waals surface area contributed by atoms with Gasteiger partial charge in [-0.2, -0.15) is 11.8 Å². The second-order valence-electron chi connectivity index (χ2n) is 4.89. The molecule has 3 nitrogen and oxygen atoms in total. The van der Waals surface area contributed by atoms with Crippen LogP contribution in [0.25, 0.3) is 0 Å². The maximum atomic E-state index is 11.6. The molecular weight excluding hydrogens is 244 g/mol. The minimum atomic E-state index is -0.375. The molecule has 1 saturated heterocycles. The molecule has 1 unspecified atom stereocenters. The minimum absolute atomic E-state index is 0. The van der Waals surface area contributed by atoms with Crippen LogP contribution in [-0.2, 0) is 4.79 Å². The molecule has 1 amide bonds. The van der Waals surface area contributed by atoms with Crippen LogP contribution in [0.5, 0.6) is 0 Å². The molecule has 0 saturated carbocycles. The number of carbonyl (C=O) groups is 1. The van der Waals surface area contributed by atoms with Crippen molar-refractivity contribution in [2.24, 2.45) is 11.7 Å². The van der Waals surface area contributed by atoms with Crippen LogP contribution in [0.15, 0.2) is 0 Å². The van der Waals surface area contributed by atoms with Crippen molar-refractivity contribution in [1.29, 1.82) is 0 Å². The summed E-state index contributed by atoms with van der Waals surface area (Å²) in [4.78, 5) is 11.6. The maximum Gasteiger partial charge on any atom is 0.237 e. The Morgan fingerprint density at radius 3 is 2.62 bits per heavy atom. The fourth-order valence-corrected chi connectivity index (χ4v) is 2.92. The van der Waals surface area contributed by atoms with Crippen molar-refractivity contribution in [2.75, 3.05) is 12.3 Å². The molecule has 1 heterocycles. The van der Waals surface area contributed by atoms with Gasteiger partial charge in [-0.3, -0.25) is 4.79 Å². The van der Waals surface area contributed by atoms with Gasteiger partial charge in [-0.1, -0.05) is 13.8 Å². The highest BCUT2D eigenvalue weighted by molar-refractivity contribution is 8.00. The van der Waals surface area contributed by atoms with Crippen molar-refractivity contribution in [3.05, 3.63) is 0 Å². The summed E-state index contributed by atoms with van der Waals surface area (Å²) in [6, 6.07) is -0.375. The van der Waals surface area contributed by atoms with Crippen LogP contribution in [0.1, 0.15) is 33.6 Å². The van der Waals surface area contributed by atoms with Gasteiger partial charge in [-0.05, 0) is 31.4 Å². The minimum Gasteiger partial charge on any atom is -0.353 e. The predicted molar refractivity (Wildman–Crippen MR) is 73.2 cm³/mol. The number of nitrogens with one attached hydrogen (secondary N) is 1. The zero-order valence-corrected chi connectivity index (χ0v) is 11.9. The number of hydrogen-bond acceptors (Lipinski definition) is 3. The fraction of sp³-hybridized carbons (Fsp3) is 0.909. The van der Waals surface area contributed by atoms with Crippen LogP contribution in [0.3, 0.4) is 0 Å². The van der Waals surface area contributed by atoms with E-state index in [0.717, 1.165) is 6.54 Å². The summed E-state index contributed by atoms with van der Waals surface area (Å²) in [6.07, 6.45) is 2.45. The Labute approximate surface area is 109 Å². The van der Waals surface area contributed by atoms with Crippen molar-refractivity contribution in [1.82, 2.24) is 5.32 Å². The molecule has 0 radical (unpaired) electrons. The molecule has 0 bridgehead atoms. The topological polar surface area (TPSA) is 55.1 Å². The van der Waals surface area contributed by atoms with Gasteiger partial charge in [0.15, 0.2) is 0 Å². The number of thioether (sulfide) groups is 1. The summed E-state index contributed by atoms with van der Waals surface area (Å²) in [7, 11) is 0. The van der Waals surface area contributed by atoms with Crippen LogP contribution in [-0.4, -0.2) is 29.0 Å². The molecular formula is C11H23ClN2OS. The molecule has 0 aromatic carbocycles. The molecule has 0 aliphatic carbocycles. The molecule has 1 aliphatic heterocycles. The second-order valence-corrected chi connectivity index (χ2v) is 6.57. The van der Waals surface area contributed by atoms with E-state index in [1.54, 1.807) is 0 Å². The van der Waals surface area contributed by atoms with E-state index < -0.39 is 0 Å². The smallest absolute Gasteiger partial charge is 0.237 e. The average molecular weight is 267 g/mol. The molecule has 1 rings (SSSR count). The van der Waals surface area contributed by atoms with Crippen molar-refractivity contribution in [3.63, 3.8) is 0 Å². The summed E-state index contributed by atoms with van der Waals surface area (Å²) in [5.74, 6) is 1.40. The number of carbonyl (C=O) groups excluding carboxylic acids is 1. The monoisotopic (exact) mass is 266 g/mol. The zero-order valence-electron chi connectivity index (χ0n) is 10.3. The molecule has 1 aliphatic rings. The number of rotatable bonds is 4. The Bertz CT molecular complexity index is 230. The summed E-state index contributed by atoms with van der Waals surface area (Å²) < 4.78 is 0.229. The Balaban J connectivity index is 0.00000225. The van der Waals surface area contributed by atoms with Crippen molar-refractivity contribution < 1.29 is 4.79 Å². The van der Waals surface area contributed by atoms with E-state index in [0.29, 0.717) is 0 Å². The van der Waals surface area contributed by atoms with Gasteiger partial charge in [0.1, 0.15) is 0 Å². The summed E-state index contributed by atoms with van der Waals surface area (Å²) in [5.41, 5.74) is 5.77. The van der Waals surface area contributed by atoms with E-state index in [1.165, 1.54) is 18.6 Å². The van der Waals surface area contributed by atoms with Gasteiger partial charge < -0.3 is 11.1 Å². The van der Waals surface area contributed by atoms with E-state index >= 15 is 0 Å². The number of amides is 1. The first-order valence-corrected chi connectivity index (χ1v) is 6.60. The third kappa shape index (κ3) is 4.52. The third-order valence-electron chi connectivity index (χ3n) is 2.96. The molecule has 0 aromatic rings. The highest BCUT2D eigenvalue weighted by atomic mass is 35.5. The van der Waals surface area contributed by atoms with E-state index in [2.05, 4.69) is 12.2 Å². The van der Waals surface area contributed by atoms with Gasteiger partial charge in [0.25, 0.3) is 0 Å². The van der Waals surface area contributed by atoms with E-state index in [4.69, 9.17) is 5.73 Å². The second kappa shape index (κ2) is 6.72. The molecule has 2 atom stereocenters. The van der Waals surface area contributed by atoms with Gasteiger partial charge in [0.05, 0.1) is 6.04 Å². The van der Waals surface area contributed by atoms with Crippen LogP contribution in [0.4, 0.5) is 0 Å². The van der Waals surface area contributed by atoms with E-state index in [-0.39, 0.29) is 35.0 Å². The lowest BCUT2D eigenvalue weighted by molar-refractivity contribution is -0.123.